The van der Waals surface area contributed by atoms with E-state index in [2.05, 4.69) is 5.10 Å². The van der Waals surface area contributed by atoms with E-state index < -0.39 is 23.7 Å². The number of methoxy groups -OCH3 is 1. The van der Waals surface area contributed by atoms with Gasteiger partial charge >= 0.3 is 5.97 Å². The minimum absolute atomic E-state index is 0.195. The summed E-state index contributed by atoms with van der Waals surface area (Å²) in [6, 6.07) is 6.88. The Kier molecular flexibility index (Phi) is 4.01. The molecule has 8 nitrogen and oxygen atoms in total. The van der Waals surface area contributed by atoms with Gasteiger partial charge in [-0.05, 0) is 26.0 Å². The van der Waals surface area contributed by atoms with Gasteiger partial charge in [0.25, 0.3) is 5.56 Å². The summed E-state index contributed by atoms with van der Waals surface area (Å²) in [5, 5.41) is 4.34. The lowest BCUT2D eigenvalue weighted by molar-refractivity contribution is -0.158. The van der Waals surface area contributed by atoms with Crippen LogP contribution in [0.2, 0.25) is 0 Å². The Hall–Kier alpha value is -3.20. The highest BCUT2D eigenvalue weighted by atomic mass is 32.1. The van der Waals surface area contributed by atoms with Gasteiger partial charge in [0.1, 0.15) is 11.7 Å². The number of fused-ring (bicyclic) bond motifs is 6. The minimum atomic E-state index is -1.16. The molecule has 2 aromatic heterocycles. The Morgan fingerprint density at radius 2 is 2.13 bits per heavy atom. The first-order valence-electron chi connectivity index (χ1n) is 9.51. The van der Waals surface area contributed by atoms with E-state index in [4.69, 9.17) is 14.5 Å². The first-order chi connectivity index (χ1) is 14.3. The monoisotopic (exact) mass is 424 g/mol. The molecule has 0 unspecified atom stereocenters. The van der Waals surface area contributed by atoms with Crippen molar-refractivity contribution in [2.24, 2.45) is 18.0 Å². The third kappa shape index (κ3) is 2.58. The van der Waals surface area contributed by atoms with Crippen molar-refractivity contribution >= 4 is 23.4 Å². The van der Waals surface area contributed by atoms with Gasteiger partial charge in [0.05, 0.1) is 23.4 Å². The zero-order chi connectivity index (χ0) is 21.2. The van der Waals surface area contributed by atoms with E-state index in [1.54, 1.807) is 16.2 Å². The normalized spacial score (nSPS) is 24.5. The molecule has 0 aliphatic carbocycles. The maximum Gasteiger partial charge on any atom is 0.317 e. The fourth-order valence-electron chi connectivity index (χ4n) is 4.33. The van der Waals surface area contributed by atoms with Gasteiger partial charge in [-0.2, -0.15) is 5.10 Å². The molecule has 0 N–H and O–H groups in total. The summed E-state index contributed by atoms with van der Waals surface area (Å²) in [7, 11) is 3.18. The smallest absolute Gasteiger partial charge is 0.317 e. The molecule has 9 heteroatoms. The number of rotatable bonds is 2. The van der Waals surface area contributed by atoms with E-state index >= 15 is 0 Å². The summed E-state index contributed by atoms with van der Waals surface area (Å²) in [4.78, 5) is 31.5. The quantitative estimate of drug-likeness (QED) is 0.571. The Bertz CT molecular complexity index is 1370. The van der Waals surface area contributed by atoms with Crippen molar-refractivity contribution in [1.82, 2.24) is 14.3 Å². The second-order valence-corrected chi connectivity index (χ2v) is 8.67. The van der Waals surface area contributed by atoms with Gasteiger partial charge < -0.3 is 9.47 Å². The first-order valence-corrected chi connectivity index (χ1v) is 10.3. The van der Waals surface area contributed by atoms with Crippen LogP contribution in [-0.4, -0.2) is 33.2 Å². The molecule has 0 spiro atoms. The zero-order valence-corrected chi connectivity index (χ0v) is 17.8. The molecule has 2 bridgehead atoms. The zero-order valence-electron chi connectivity index (χ0n) is 16.9. The SMILES string of the molecule is COC(=O)[C@@H]1[C@H]2c3ccccc3O[C@@]1(C)N=c1s/c(=C/c3cn(C)nc3C)c(=O)n12. The summed E-state index contributed by atoms with van der Waals surface area (Å²) in [5.41, 5.74) is 1.11. The van der Waals surface area contributed by atoms with Crippen molar-refractivity contribution in [1.29, 1.82) is 0 Å². The lowest BCUT2D eigenvalue weighted by atomic mass is 9.81. The Balaban J connectivity index is 1.81. The van der Waals surface area contributed by atoms with Crippen LogP contribution < -0.4 is 19.6 Å². The van der Waals surface area contributed by atoms with Gasteiger partial charge in [-0.1, -0.05) is 29.5 Å². The number of nitrogens with zero attached hydrogens (tertiary/aromatic N) is 4. The molecular weight excluding hydrogens is 404 g/mol. The summed E-state index contributed by atoms with van der Waals surface area (Å²) < 4.78 is 15.1. The number of esters is 1. The van der Waals surface area contributed by atoms with Crippen LogP contribution in [0.4, 0.5) is 0 Å². The van der Waals surface area contributed by atoms with Crippen molar-refractivity contribution in [2.45, 2.75) is 25.6 Å². The average molecular weight is 424 g/mol. The number of thiazole rings is 1. The molecule has 5 rings (SSSR count). The van der Waals surface area contributed by atoms with E-state index in [1.807, 2.05) is 50.5 Å². The van der Waals surface area contributed by atoms with Gasteiger partial charge in [-0.3, -0.25) is 18.8 Å². The highest BCUT2D eigenvalue weighted by molar-refractivity contribution is 7.07. The van der Waals surface area contributed by atoms with Crippen LogP contribution in [0, 0.1) is 12.8 Å². The van der Waals surface area contributed by atoms with Crippen molar-refractivity contribution in [3.05, 3.63) is 67.0 Å². The predicted octanol–water partition coefficient (Wildman–Crippen LogP) is 0.901. The largest absolute Gasteiger partial charge is 0.469 e. The van der Waals surface area contributed by atoms with Crippen LogP contribution in [0.3, 0.4) is 0 Å². The number of benzene rings is 1. The van der Waals surface area contributed by atoms with Gasteiger partial charge in [0.15, 0.2) is 4.80 Å². The van der Waals surface area contributed by atoms with Crippen molar-refractivity contribution < 1.29 is 14.3 Å². The number of aryl methyl sites for hydroxylation is 2. The van der Waals surface area contributed by atoms with E-state index in [1.165, 1.54) is 18.4 Å². The molecular formula is C21H20N4O4S. The lowest BCUT2D eigenvalue weighted by Crippen LogP contribution is -2.58. The number of aromatic nitrogens is 3. The van der Waals surface area contributed by atoms with E-state index in [9.17, 15) is 9.59 Å². The van der Waals surface area contributed by atoms with Gasteiger partial charge in [-0.25, -0.2) is 4.99 Å². The second-order valence-electron chi connectivity index (χ2n) is 7.66. The van der Waals surface area contributed by atoms with Gasteiger partial charge in [-0.15, -0.1) is 0 Å². The highest BCUT2D eigenvalue weighted by Crippen LogP contribution is 2.47. The van der Waals surface area contributed by atoms with Crippen LogP contribution in [-0.2, 0) is 16.6 Å². The number of hydrogen-bond donors (Lipinski definition) is 0. The molecule has 2 aliphatic rings. The van der Waals surface area contributed by atoms with E-state index in [0.717, 1.165) is 16.8 Å². The van der Waals surface area contributed by atoms with Crippen molar-refractivity contribution in [3.63, 3.8) is 0 Å². The van der Waals surface area contributed by atoms with Gasteiger partial charge in [0.2, 0.25) is 5.72 Å². The molecule has 0 amide bonds. The van der Waals surface area contributed by atoms with Gasteiger partial charge in [0, 0.05) is 24.4 Å². The van der Waals surface area contributed by atoms with Crippen LogP contribution in [0.25, 0.3) is 6.08 Å². The summed E-state index contributed by atoms with van der Waals surface area (Å²) in [6.45, 7) is 3.66. The minimum Gasteiger partial charge on any atom is -0.469 e. The topological polar surface area (TPSA) is 87.7 Å². The number of para-hydroxylation sites is 1. The van der Waals surface area contributed by atoms with Crippen LogP contribution in [0.1, 0.15) is 29.8 Å². The molecule has 3 atom stereocenters. The third-order valence-corrected chi connectivity index (χ3v) is 6.66. The third-order valence-electron chi connectivity index (χ3n) is 5.67. The second kappa shape index (κ2) is 6.40. The first kappa shape index (κ1) is 18.8. The Morgan fingerprint density at radius 3 is 2.83 bits per heavy atom. The molecule has 0 fully saturated rings. The number of ether oxygens (including phenoxy) is 2. The fraction of sp³-hybridized carbons (Fsp3) is 0.333. The average Bonchev–Trinajstić information content (AvgIpc) is 3.17. The Morgan fingerprint density at radius 1 is 1.37 bits per heavy atom. The molecule has 4 heterocycles. The van der Waals surface area contributed by atoms with Crippen LogP contribution in [0.5, 0.6) is 5.75 Å². The predicted molar refractivity (Wildman–Crippen MR) is 110 cm³/mol. The molecule has 0 saturated carbocycles. The van der Waals surface area contributed by atoms with Crippen molar-refractivity contribution in [2.75, 3.05) is 7.11 Å². The van der Waals surface area contributed by atoms with E-state index in [-0.39, 0.29) is 5.56 Å². The maximum atomic E-state index is 13.5. The standard InChI is InChI=1S/C21H20N4O4S/c1-11-12(10-24(3)23-11)9-15-18(26)25-17-13-7-5-6-8-14(13)29-21(2,22-20(25)30-15)16(17)19(27)28-4/h5-10,16-17H,1-4H3/b15-9+/t16-,17+,21+/m0/s1. The number of hydrogen-bond acceptors (Lipinski definition) is 7. The molecule has 0 radical (unpaired) electrons. The maximum absolute atomic E-state index is 13.5. The van der Waals surface area contributed by atoms with E-state index in [0.29, 0.717) is 15.1 Å². The summed E-state index contributed by atoms with van der Waals surface area (Å²) in [5.74, 6) is -0.616. The molecule has 2 aliphatic heterocycles. The number of carbonyl (C=O) groups excluding carboxylic acids is 1. The molecule has 154 valence electrons. The molecule has 30 heavy (non-hydrogen) atoms. The molecule has 1 aromatic carbocycles. The van der Waals surface area contributed by atoms with Crippen molar-refractivity contribution in [3.8, 4) is 5.75 Å². The summed E-state index contributed by atoms with van der Waals surface area (Å²) >= 11 is 1.29. The van der Waals surface area contributed by atoms with Crippen LogP contribution >= 0.6 is 11.3 Å². The fourth-order valence-corrected chi connectivity index (χ4v) is 5.42. The molecule has 0 saturated heterocycles. The number of carbonyl (C=O) groups is 1. The summed E-state index contributed by atoms with van der Waals surface area (Å²) in [6.07, 6.45) is 3.69. The van der Waals surface area contributed by atoms with Crippen LogP contribution in [0.15, 0.2) is 40.2 Å². The Labute approximate surface area is 175 Å². The lowest BCUT2D eigenvalue weighted by Gasteiger charge is -2.44. The molecule has 3 aromatic rings. The highest BCUT2D eigenvalue weighted by Gasteiger charge is 2.55.